The second-order valence-electron chi connectivity index (χ2n) is 7.64. The van der Waals surface area contributed by atoms with E-state index in [-0.39, 0.29) is 18.0 Å². The van der Waals surface area contributed by atoms with E-state index in [1.807, 2.05) is 65.0 Å². The van der Waals surface area contributed by atoms with Gasteiger partial charge in [0.05, 0.1) is 6.10 Å². The Bertz CT molecular complexity index is 497. The van der Waals surface area contributed by atoms with Crippen LogP contribution in [0.1, 0.15) is 59.1 Å². The molecule has 5 heteroatoms. The van der Waals surface area contributed by atoms with Crippen LogP contribution in [0.3, 0.4) is 0 Å². The minimum atomic E-state index is -0.595. The molecule has 0 saturated carbocycles. The lowest BCUT2D eigenvalue weighted by atomic mass is 9.93. The molecule has 24 heavy (non-hydrogen) atoms. The molecular weight excluding hydrogens is 304 g/mol. The molecule has 0 aliphatic carbocycles. The summed E-state index contributed by atoms with van der Waals surface area (Å²) in [7, 11) is 0. The van der Waals surface area contributed by atoms with Crippen LogP contribution >= 0.6 is 0 Å². The molecule has 0 fully saturated rings. The summed E-state index contributed by atoms with van der Waals surface area (Å²) < 4.78 is 5.29. The van der Waals surface area contributed by atoms with E-state index >= 15 is 0 Å². The highest BCUT2D eigenvalue weighted by atomic mass is 16.6. The highest BCUT2D eigenvalue weighted by molar-refractivity contribution is 5.68. The summed E-state index contributed by atoms with van der Waals surface area (Å²) in [6.45, 7) is 9.48. The van der Waals surface area contributed by atoms with E-state index < -0.39 is 17.8 Å². The molecule has 0 spiro atoms. The van der Waals surface area contributed by atoms with Crippen molar-refractivity contribution in [1.29, 1.82) is 0 Å². The third-order valence-electron chi connectivity index (χ3n) is 3.79. The van der Waals surface area contributed by atoms with Gasteiger partial charge in [0.1, 0.15) is 5.60 Å². The van der Waals surface area contributed by atoms with E-state index in [1.54, 1.807) is 0 Å². The highest BCUT2D eigenvalue weighted by Gasteiger charge is 2.24. The summed E-state index contributed by atoms with van der Waals surface area (Å²) in [5.74, 6) is 0.181. The van der Waals surface area contributed by atoms with E-state index in [1.165, 1.54) is 0 Å². The van der Waals surface area contributed by atoms with Gasteiger partial charge in [-0.25, -0.2) is 4.79 Å². The second-order valence-corrected chi connectivity index (χ2v) is 7.64. The van der Waals surface area contributed by atoms with Crippen molar-refractivity contribution in [3.8, 4) is 0 Å². The fraction of sp³-hybridized carbons (Fsp3) is 0.632. The molecular formula is C19H32N2O3. The molecule has 3 atom stereocenters. The monoisotopic (exact) mass is 336 g/mol. The molecule has 5 nitrogen and oxygen atoms in total. The number of nitrogens with one attached hydrogen (secondary N) is 1. The molecule has 0 saturated heterocycles. The fourth-order valence-corrected chi connectivity index (χ4v) is 2.48. The molecule has 1 rings (SSSR count). The molecule has 0 bridgehead atoms. The summed E-state index contributed by atoms with van der Waals surface area (Å²) in [6, 6.07) is 9.32. The second kappa shape index (κ2) is 9.04. The zero-order chi connectivity index (χ0) is 18.3. The standard InChI is InChI=1S/C19H32N2O3/c1-13(2)17(21-18(23)24-19(3,4)5)12-15(22)11-16(20)14-9-7-6-8-10-14/h6-10,13,15-17,22H,11-12,20H2,1-5H3,(H,21,23). The maximum Gasteiger partial charge on any atom is 0.407 e. The van der Waals surface area contributed by atoms with Gasteiger partial charge < -0.3 is 20.9 Å². The Morgan fingerprint density at radius 3 is 2.29 bits per heavy atom. The Morgan fingerprint density at radius 1 is 1.21 bits per heavy atom. The van der Waals surface area contributed by atoms with Gasteiger partial charge >= 0.3 is 6.09 Å². The fourth-order valence-electron chi connectivity index (χ4n) is 2.48. The number of benzene rings is 1. The summed E-state index contributed by atoms with van der Waals surface area (Å²) >= 11 is 0. The zero-order valence-electron chi connectivity index (χ0n) is 15.5. The number of aliphatic hydroxyl groups is 1. The number of aliphatic hydroxyl groups excluding tert-OH is 1. The Morgan fingerprint density at radius 2 is 1.79 bits per heavy atom. The van der Waals surface area contributed by atoms with Gasteiger partial charge in [0.15, 0.2) is 0 Å². The van der Waals surface area contributed by atoms with Crippen LogP contribution in [0.2, 0.25) is 0 Å². The number of hydrogen-bond donors (Lipinski definition) is 3. The third-order valence-corrected chi connectivity index (χ3v) is 3.79. The third kappa shape index (κ3) is 7.79. The van der Waals surface area contributed by atoms with Crippen molar-refractivity contribution in [2.75, 3.05) is 0 Å². The summed E-state index contributed by atoms with van der Waals surface area (Å²) in [4.78, 5) is 12.0. The lowest BCUT2D eigenvalue weighted by Crippen LogP contribution is -2.43. The summed E-state index contributed by atoms with van der Waals surface area (Å²) in [5, 5.41) is 13.2. The first-order chi connectivity index (χ1) is 11.1. The van der Waals surface area contributed by atoms with E-state index in [2.05, 4.69) is 5.32 Å². The summed E-state index contributed by atoms with van der Waals surface area (Å²) in [5.41, 5.74) is 6.62. The van der Waals surface area contributed by atoms with Gasteiger partial charge in [0, 0.05) is 12.1 Å². The van der Waals surface area contributed by atoms with Gasteiger partial charge in [-0.15, -0.1) is 0 Å². The van der Waals surface area contributed by atoms with Gasteiger partial charge in [-0.2, -0.15) is 0 Å². The number of carbonyl (C=O) groups excluding carboxylic acids is 1. The van der Waals surface area contributed by atoms with E-state index in [9.17, 15) is 9.90 Å². The maximum absolute atomic E-state index is 12.0. The number of amides is 1. The molecule has 0 aromatic heterocycles. The van der Waals surface area contributed by atoms with Crippen LogP contribution in [-0.2, 0) is 4.74 Å². The van der Waals surface area contributed by atoms with Gasteiger partial charge in [-0.1, -0.05) is 44.2 Å². The first-order valence-electron chi connectivity index (χ1n) is 8.56. The minimum absolute atomic E-state index is 0.169. The van der Waals surface area contributed by atoms with Crippen molar-refractivity contribution in [3.63, 3.8) is 0 Å². The van der Waals surface area contributed by atoms with Gasteiger partial charge in [0.2, 0.25) is 0 Å². The zero-order valence-corrected chi connectivity index (χ0v) is 15.5. The van der Waals surface area contributed by atoms with Gasteiger partial charge in [-0.3, -0.25) is 0 Å². The molecule has 0 aliphatic rings. The molecule has 3 unspecified atom stereocenters. The number of carbonyl (C=O) groups is 1. The predicted molar refractivity (Wildman–Crippen MR) is 96.6 cm³/mol. The number of alkyl carbamates (subject to hydrolysis) is 1. The Kier molecular flexibility index (Phi) is 7.70. The first-order valence-corrected chi connectivity index (χ1v) is 8.56. The maximum atomic E-state index is 12.0. The van der Waals surface area contributed by atoms with E-state index in [4.69, 9.17) is 10.5 Å². The molecule has 0 aliphatic heterocycles. The summed E-state index contributed by atoms with van der Waals surface area (Å²) in [6.07, 6.45) is -0.163. The van der Waals surface area contributed by atoms with Gasteiger partial charge in [-0.05, 0) is 45.1 Å². The molecule has 4 N–H and O–H groups in total. The lowest BCUT2D eigenvalue weighted by molar-refractivity contribution is 0.0457. The molecule has 1 amide bonds. The molecule has 0 radical (unpaired) electrons. The predicted octanol–water partition coefficient (Wildman–Crippen LogP) is 3.38. The van der Waals surface area contributed by atoms with Crippen LogP contribution in [-0.4, -0.2) is 28.9 Å². The molecule has 0 heterocycles. The quantitative estimate of drug-likeness (QED) is 0.712. The largest absolute Gasteiger partial charge is 0.444 e. The number of nitrogens with two attached hydrogens (primary N) is 1. The van der Waals surface area contributed by atoms with Crippen molar-refractivity contribution in [1.82, 2.24) is 5.32 Å². The SMILES string of the molecule is CC(C)C(CC(O)CC(N)c1ccccc1)NC(=O)OC(C)(C)C. The smallest absolute Gasteiger partial charge is 0.407 e. The highest BCUT2D eigenvalue weighted by Crippen LogP contribution is 2.20. The number of hydrogen-bond acceptors (Lipinski definition) is 4. The molecule has 1 aromatic carbocycles. The van der Waals surface area contributed by atoms with Crippen molar-refractivity contribution < 1.29 is 14.6 Å². The minimum Gasteiger partial charge on any atom is -0.444 e. The normalized spacial score (nSPS) is 15.7. The lowest BCUT2D eigenvalue weighted by Gasteiger charge is -2.28. The molecule has 1 aromatic rings. The Hall–Kier alpha value is -1.59. The van der Waals surface area contributed by atoms with Crippen molar-refractivity contribution in [2.45, 2.75) is 71.2 Å². The van der Waals surface area contributed by atoms with Crippen LogP contribution < -0.4 is 11.1 Å². The van der Waals surface area contributed by atoms with Crippen LogP contribution in [0.4, 0.5) is 4.79 Å². The van der Waals surface area contributed by atoms with Crippen LogP contribution in [0.15, 0.2) is 30.3 Å². The van der Waals surface area contributed by atoms with Crippen molar-refractivity contribution >= 4 is 6.09 Å². The van der Waals surface area contributed by atoms with Crippen molar-refractivity contribution in [3.05, 3.63) is 35.9 Å². The molecule has 136 valence electrons. The van der Waals surface area contributed by atoms with Gasteiger partial charge in [0.25, 0.3) is 0 Å². The first kappa shape index (κ1) is 20.5. The average molecular weight is 336 g/mol. The Labute approximate surface area is 145 Å². The van der Waals surface area contributed by atoms with E-state index in [0.717, 1.165) is 5.56 Å². The van der Waals surface area contributed by atoms with E-state index in [0.29, 0.717) is 12.8 Å². The van der Waals surface area contributed by atoms with Crippen LogP contribution in [0.25, 0.3) is 0 Å². The topological polar surface area (TPSA) is 84.6 Å². The number of ether oxygens (including phenoxy) is 1. The average Bonchev–Trinajstić information content (AvgIpc) is 2.45. The van der Waals surface area contributed by atoms with Crippen LogP contribution in [0, 0.1) is 5.92 Å². The van der Waals surface area contributed by atoms with Crippen LogP contribution in [0.5, 0.6) is 0 Å². The van der Waals surface area contributed by atoms with Crippen molar-refractivity contribution in [2.24, 2.45) is 11.7 Å². The Balaban J connectivity index is 2.56. The number of rotatable bonds is 7.